The number of primary amides is 1. The van der Waals surface area contributed by atoms with Gasteiger partial charge in [-0.05, 0) is 30.9 Å². The van der Waals surface area contributed by atoms with Crippen molar-refractivity contribution >= 4 is 11.8 Å². The second kappa shape index (κ2) is 5.85. The van der Waals surface area contributed by atoms with Gasteiger partial charge in [0.25, 0.3) is 5.91 Å². The second-order valence-electron chi connectivity index (χ2n) is 5.88. The van der Waals surface area contributed by atoms with Crippen molar-refractivity contribution < 1.29 is 9.59 Å². The number of carbonyl (C=O) groups excluding carboxylic acids is 2. The molecule has 5 nitrogen and oxygen atoms in total. The molecule has 2 N–H and O–H groups in total. The molecule has 3 rings (SSSR count). The van der Waals surface area contributed by atoms with E-state index in [1.807, 2.05) is 29.2 Å². The fourth-order valence-corrected chi connectivity index (χ4v) is 3.40. The highest BCUT2D eigenvalue weighted by molar-refractivity contribution is 5.96. The molecule has 2 amide bonds. The van der Waals surface area contributed by atoms with Crippen LogP contribution in [0.15, 0.2) is 24.3 Å². The lowest BCUT2D eigenvalue weighted by molar-refractivity contribution is -0.119. The van der Waals surface area contributed by atoms with Crippen molar-refractivity contribution in [2.75, 3.05) is 26.2 Å². The van der Waals surface area contributed by atoms with Crippen LogP contribution < -0.4 is 5.73 Å². The maximum Gasteiger partial charge on any atom is 0.254 e. The fraction of sp³-hybridized carbons (Fsp3) is 0.500. The van der Waals surface area contributed by atoms with Crippen molar-refractivity contribution in [1.82, 2.24) is 9.80 Å². The molecule has 2 aliphatic heterocycles. The van der Waals surface area contributed by atoms with Gasteiger partial charge in [0.1, 0.15) is 0 Å². The standard InChI is InChI=1S/C16H21N3O2/c17-15(20)11-18-8-6-13(7-9-18)19-10-5-12-3-1-2-4-14(12)16(19)21/h1-4,13H,5-11H2,(H2,17,20). The third-order valence-electron chi connectivity index (χ3n) is 4.51. The summed E-state index contributed by atoms with van der Waals surface area (Å²) in [5, 5.41) is 0. The summed E-state index contributed by atoms with van der Waals surface area (Å²) in [5.74, 6) is -0.123. The largest absolute Gasteiger partial charge is 0.369 e. The van der Waals surface area contributed by atoms with E-state index in [1.54, 1.807) is 0 Å². The normalized spacial score (nSPS) is 20.4. The average molecular weight is 287 g/mol. The minimum atomic E-state index is -0.281. The Morgan fingerprint density at radius 1 is 1.19 bits per heavy atom. The van der Waals surface area contributed by atoms with Crippen molar-refractivity contribution in [2.45, 2.75) is 25.3 Å². The zero-order valence-corrected chi connectivity index (χ0v) is 12.1. The van der Waals surface area contributed by atoms with Crippen molar-refractivity contribution in [3.8, 4) is 0 Å². The maximum atomic E-state index is 12.6. The number of nitrogens with zero attached hydrogens (tertiary/aromatic N) is 2. The minimum absolute atomic E-state index is 0.158. The number of hydrogen-bond donors (Lipinski definition) is 1. The Kier molecular flexibility index (Phi) is 3.92. The third-order valence-corrected chi connectivity index (χ3v) is 4.51. The molecule has 0 spiro atoms. The predicted octanol–water partition coefficient (Wildman–Crippen LogP) is 0.635. The van der Waals surface area contributed by atoms with Gasteiger partial charge in [-0.1, -0.05) is 18.2 Å². The highest BCUT2D eigenvalue weighted by Crippen LogP contribution is 2.24. The molecule has 2 heterocycles. The van der Waals surface area contributed by atoms with Crippen molar-refractivity contribution in [1.29, 1.82) is 0 Å². The van der Waals surface area contributed by atoms with Crippen LogP contribution in [-0.2, 0) is 11.2 Å². The van der Waals surface area contributed by atoms with Gasteiger partial charge in [0.15, 0.2) is 0 Å². The first-order valence-corrected chi connectivity index (χ1v) is 7.54. The molecule has 2 aliphatic rings. The Labute approximate surface area is 124 Å². The van der Waals surface area contributed by atoms with Gasteiger partial charge in [-0.15, -0.1) is 0 Å². The first-order chi connectivity index (χ1) is 10.1. The summed E-state index contributed by atoms with van der Waals surface area (Å²) < 4.78 is 0. The Hall–Kier alpha value is -1.88. The van der Waals surface area contributed by atoms with Crippen molar-refractivity contribution in [3.63, 3.8) is 0 Å². The van der Waals surface area contributed by atoms with Gasteiger partial charge in [-0.2, -0.15) is 0 Å². The van der Waals surface area contributed by atoms with Gasteiger partial charge >= 0.3 is 0 Å². The number of hydrogen-bond acceptors (Lipinski definition) is 3. The summed E-state index contributed by atoms with van der Waals surface area (Å²) in [4.78, 5) is 27.7. The lowest BCUT2D eigenvalue weighted by atomic mass is 9.95. The number of likely N-dealkylation sites (tertiary alicyclic amines) is 1. The second-order valence-corrected chi connectivity index (χ2v) is 5.88. The predicted molar refractivity (Wildman–Crippen MR) is 79.8 cm³/mol. The molecular weight excluding hydrogens is 266 g/mol. The van der Waals surface area contributed by atoms with Gasteiger partial charge in [-0.3, -0.25) is 14.5 Å². The third kappa shape index (κ3) is 2.93. The van der Waals surface area contributed by atoms with Gasteiger partial charge in [0.2, 0.25) is 5.91 Å². The number of benzene rings is 1. The number of fused-ring (bicyclic) bond motifs is 1. The molecule has 0 saturated carbocycles. The first-order valence-electron chi connectivity index (χ1n) is 7.54. The number of rotatable bonds is 3. The Morgan fingerprint density at radius 3 is 2.62 bits per heavy atom. The molecule has 1 aromatic rings. The number of nitrogens with two attached hydrogens (primary N) is 1. The fourth-order valence-electron chi connectivity index (χ4n) is 3.40. The number of carbonyl (C=O) groups is 2. The van der Waals surface area contributed by atoms with Crippen LogP contribution in [0.25, 0.3) is 0 Å². The van der Waals surface area contributed by atoms with E-state index in [2.05, 4.69) is 4.90 Å². The summed E-state index contributed by atoms with van der Waals surface area (Å²) in [7, 11) is 0. The van der Waals surface area contributed by atoms with E-state index < -0.39 is 0 Å². The van der Waals surface area contributed by atoms with Gasteiger partial charge in [-0.25, -0.2) is 0 Å². The van der Waals surface area contributed by atoms with E-state index in [1.165, 1.54) is 0 Å². The molecule has 0 radical (unpaired) electrons. The topological polar surface area (TPSA) is 66.6 Å². The SMILES string of the molecule is NC(=O)CN1CCC(N2CCc3ccccc3C2=O)CC1. The van der Waals surface area contributed by atoms with Crippen LogP contribution in [0.3, 0.4) is 0 Å². The molecule has 1 saturated heterocycles. The quantitative estimate of drug-likeness (QED) is 0.887. The monoisotopic (exact) mass is 287 g/mol. The summed E-state index contributed by atoms with van der Waals surface area (Å²) >= 11 is 0. The molecule has 0 unspecified atom stereocenters. The molecule has 0 aliphatic carbocycles. The maximum absolute atomic E-state index is 12.6. The lowest BCUT2D eigenvalue weighted by Crippen LogP contribution is -2.50. The van der Waals surface area contributed by atoms with Crippen molar-refractivity contribution in [3.05, 3.63) is 35.4 Å². The molecule has 0 bridgehead atoms. The molecule has 112 valence electrons. The summed E-state index contributed by atoms with van der Waals surface area (Å²) in [6, 6.07) is 8.17. The summed E-state index contributed by atoms with van der Waals surface area (Å²) in [6.07, 6.45) is 2.77. The van der Waals surface area contributed by atoms with E-state index >= 15 is 0 Å². The van der Waals surface area contributed by atoms with Gasteiger partial charge in [0, 0.05) is 31.2 Å². The van der Waals surface area contributed by atoms with Crippen LogP contribution in [0.1, 0.15) is 28.8 Å². The molecule has 5 heteroatoms. The van der Waals surface area contributed by atoms with Crippen molar-refractivity contribution in [2.24, 2.45) is 5.73 Å². The van der Waals surface area contributed by atoms with Crippen LogP contribution >= 0.6 is 0 Å². The highest BCUT2D eigenvalue weighted by atomic mass is 16.2. The van der Waals surface area contributed by atoms with E-state index in [0.29, 0.717) is 6.54 Å². The molecule has 0 atom stereocenters. The molecule has 21 heavy (non-hydrogen) atoms. The lowest BCUT2D eigenvalue weighted by Gasteiger charge is -2.40. The minimum Gasteiger partial charge on any atom is -0.369 e. The van der Waals surface area contributed by atoms with Crippen LogP contribution in [0.2, 0.25) is 0 Å². The smallest absolute Gasteiger partial charge is 0.254 e. The zero-order chi connectivity index (χ0) is 14.8. The Morgan fingerprint density at radius 2 is 1.90 bits per heavy atom. The van der Waals surface area contributed by atoms with E-state index in [0.717, 1.165) is 50.0 Å². The Balaban J connectivity index is 1.64. The summed E-state index contributed by atoms with van der Waals surface area (Å²) in [5.41, 5.74) is 7.24. The molecule has 1 fully saturated rings. The van der Waals surface area contributed by atoms with Crippen LogP contribution in [0.5, 0.6) is 0 Å². The number of amides is 2. The van der Waals surface area contributed by atoms with E-state index in [9.17, 15) is 9.59 Å². The average Bonchev–Trinajstić information content (AvgIpc) is 2.48. The van der Waals surface area contributed by atoms with Crippen LogP contribution in [0.4, 0.5) is 0 Å². The number of piperidine rings is 1. The summed E-state index contributed by atoms with van der Waals surface area (Å²) in [6.45, 7) is 2.79. The van der Waals surface area contributed by atoms with Gasteiger partial charge < -0.3 is 10.6 Å². The van der Waals surface area contributed by atoms with Crippen LogP contribution in [-0.4, -0.2) is 53.8 Å². The first kappa shape index (κ1) is 14.1. The van der Waals surface area contributed by atoms with E-state index in [-0.39, 0.29) is 17.9 Å². The zero-order valence-electron chi connectivity index (χ0n) is 12.1. The Bertz CT molecular complexity index is 550. The van der Waals surface area contributed by atoms with E-state index in [4.69, 9.17) is 5.73 Å². The highest BCUT2D eigenvalue weighted by Gasteiger charge is 2.32. The van der Waals surface area contributed by atoms with Crippen LogP contribution in [0, 0.1) is 0 Å². The van der Waals surface area contributed by atoms with Gasteiger partial charge in [0.05, 0.1) is 6.54 Å². The molecular formula is C16H21N3O2. The molecule has 1 aromatic carbocycles. The molecule has 0 aromatic heterocycles.